The first-order valence-corrected chi connectivity index (χ1v) is 9.55. The van der Waals surface area contributed by atoms with E-state index in [9.17, 15) is 0 Å². The van der Waals surface area contributed by atoms with E-state index >= 15 is 0 Å². The predicted octanol–water partition coefficient (Wildman–Crippen LogP) is 4.59. The fourth-order valence-corrected chi connectivity index (χ4v) is 4.44. The van der Waals surface area contributed by atoms with E-state index in [1.54, 1.807) is 18.4 Å². The second-order valence-corrected chi connectivity index (χ2v) is 7.62. The Hall–Kier alpha value is -1.98. The van der Waals surface area contributed by atoms with Crippen LogP contribution in [0, 0.1) is 6.92 Å². The first-order valence-electron chi connectivity index (χ1n) is 8.35. The Kier molecular flexibility index (Phi) is 4.44. The molecule has 4 rings (SSSR count). The number of aryl methyl sites for hydroxylation is 1. The topological polar surface area (TPSA) is 28.6 Å². The smallest absolute Gasteiger partial charge is 0.186 e. The minimum absolute atomic E-state index is 0.779. The highest BCUT2D eigenvalue weighted by atomic mass is 35.5. The number of ether oxygens (including phenoxy) is 1. The van der Waals surface area contributed by atoms with Crippen LogP contribution in [0.5, 0.6) is 5.75 Å². The van der Waals surface area contributed by atoms with Gasteiger partial charge in [0.2, 0.25) is 0 Å². The van der Waals surface area contributed by atoms with E-state index in [4.69, 9.17) is 21.3 Å². The summed E-state index contributed by atoms with van der Waals surface area (Å²) in [6.07, 6.45) is 0. The van der Waals surface area contributed by atoms with Gasteiger partial charge < -0.3 is 14.5 Å². The zero-order valence-electron chi connectivity index (χ0n) is 14.3. The van der Waals surface area contributed by atoms with Crippen LogP contribution >= 0.6 is 22.9 Å². The fourth-order valence-electron chi connectivity index (χ4n) is 3.21. The molecule has 0 amide bonds. The number of halogens is 1. The van der Waals surface area contributed by atoms with Crippen molar-refractivity contribution in [3.8, 4) is 5.75 Å². The summed E-state index contributed by atoms with van der Waals surface area (Å²) in [7, 11) is 1.70. The van der Waals surface area contributed by atoms with Crippen molar-refractivity contribution in [2.45, 2.75) is 6.92 Å². The molecule has 130 valence electrons. The van der Waals surface area contributed by atoms with Gasteiger partial charge in [0, 0.05) is 36.9 Å². The minimum atomic E-state index is 0.779. The summed E-state index contributed by atoms with van der Waals surface area (Å²) in [5.74, 6) is 0.850. The molecule has 6 heteroatoms. The first kappa shape index (κ1) is 16.5. The average molecular weight is 374 g/mol. The van der Waals surface area contributed by atoms with E-state index in [-0.39, 0.29) is 0 Å². The molecule has 1 aliphatic rings. The highest BCUT2D eigenvalue weighted by Crippen LogP contribution is 2.36. The summed E-state index contributed by atoms with van der Waals surface area (Å²) in [6, 6.07) is 12.2. The summed E-state index contributed by atoms with van der Waals surface area (Å²) in [6.45, 7) is 6.01. The Morgan fingerprint density at radius 3 is 2.36 bits per heavy atom. The number of fused-ring (bicyclic) bond motifs is 1. The number of benzene rings is 2. The number of hydrogen-bond donors (Lipinski definition) is 0. The van der Waals surface area contributed by atoms with E-state index in [2.05, 4.69) is 34.9 Å². The molecule has 0 saturated carbocycles. The van der Waals surface area contributed by atoms with Crippen LogP contribution < -0.4 is 14.5 Å². The Morgan fingerprint density at radius 1 is 1.00 bits per heavy atom. The molecule has 2 aromatic carbocycles. The van der Waals surface area contributed by atoms with Gasteiger partial charge >= 0.3 is 0 Å². The van der Waals surface area contributed by atoms with E-state index in [1.165, 1.54) is 16.0 Å². The van der Waals surface area contributed by atoms with Crippen LogP contribution in [-0.4, -0.2) is 38.3 Å². The monoisotopic (exact) mass is 373 g/mol. The molecule has 0 bridgehead atoms. The molecular formula is C19H20ClN3OS. The highest BCUT2D eigenvalue weighted by Gasteiger charge is 2.21. The van der Waals surface area contributed by atoms with Crippen molar-refractivity contribution >= 4 is 44.0 Å². The summed E-state index contributed by atoms with van der Waals surface area (Å²) < 4.78 is 6.69. The number of methoxy groups -OCH3 is 1. The van der Waals surface area contributed by atoms with Gasteiger partial charge in [0.15, 0.2) is 5.13 Å². The van der Waals surface area contributed by atoms with Gasteiger partial charge in [-0.2, -0.15) is 0 Å². The zero-order valence-corrected chi connectivity index (χ0v) is 15.9. The number of rotatable bonds is 3. The molecule has 4 nitrogen and oxygen atoms in total. The average Bonchev–Trinajstić information content (AvgIpc) is 3.09. The van der Waals surface area contributed by atoms with E-state index < -0.39 is 0 Å². The van der Waals surface area contributed by atoms with Gasteiger partial charge in [-0.25, -0.2) is 4.98 Å². The standard InChI is InChI=1S/C19H20ClN3OS/c1-13-3-8-16(24-2)17-18(13)25-19(21-17)23-11-9-22(10-12-23)15-6-4-14(20)5-7-15/h3-8H,9-12H2,1-2H3. The third kappa shape index (κ3) is 3.14. The number of thiazole rings is 1. The second-order valence-electron chi connectivity index (χ2n) is 6.21. The van der Waals surface area contributed by atoms with Crippen LogP contribution in [0.2, 0.25) is 5.02 Å². The Morgan fingerprint density at radius 2 is 1.68 bits per heavy atom. The third-order valence-corrected chi connectivity index (χ3v) is 6.16. The lowest BCUT2D eigenvalue weighted by molar-refractivity contribution is 0.419. The molecule has 0 spiro atoms. The highest BCUT2D eigenvalue weighted by molar-refractivity contribution is 7.22. The van der Waals surface area contributed by atoms with E-state index in [0.717, 1.165) is 47.6 Å². The molecular weight excluding hydrogens is 354 g/mol. The van der Waals surface area contributed by atoms with E-state index in [0.29, 0.717) is 0 Å². The Balaban J connectivity index is 1.53. The molecule has 0 unspecified atom stereocenters. The lowest BCUT2D eigenvalue weighted by Gasteiger charge is -2.36. The van der Waals surface area contributed by atoms with Gasteiger partial charge in [0.05, 0.1) is 11.8 Å². The lowest BCUT2D eigenvalue weighted by atomic mass is 10.2. The van der Waals surface area contributed by atoms with Crippen LogP contribution in [0.4, 0.5) is 10.8 Å². The van der Waals surface area contributed by atoms with Crippen LogP contribution in [0.1, 0.15) is 5.56 Å². The van der Waals surface area contributed by atoms with E-state index in [1.807, 2.05) is 18.2 Å². The number of hydrogen-bond acceptors (Lipinski definition) is 5. The largest absolute Gasteiger partial charge is 0.494 e. The molecule has 1 aromatic heterocycles. The van der Waals surface area contributed by atoms with Crippen molar-refractivity contribution in [1.29, 1.82) is 0 Å². The summed E-state index contributed by atoms with van der Waals surface area (Å²) >= 11 is 7.74. The maximum Gasteiger partial charge on any atom is 0.186 e. The van der Waals surface area contributed by atoms with Gasteiger partial charge in [0.1, 0.15) is 11.3 Å². The van der Waals surface area contributed by atoms with Crippen molar-refractivity contribution in [1.82, 2.24) is 4.98 Å². The van der Waals surface area contributed by atoms with Crippen LogP contribution in [0.3, 0.4) is 0 Å². The van der Waals surface area contributed by atoms with Crippen LogP contribution in [-0.2, 0) is 0 Å². The molecule has 3 aromatic rings. The number of aromatic nitrogens is 1. The molecule has 0 aliphatic carbocycles. The van der Waals surface area contributed by atoms with Crippen molar-refractivity contribution < 1.29 is 4.74 Å². The summed E-state index contributed by atoms with van der Waals surface area (Å²) in [4.78, 5) is 9.63. The Labute approximate surface area is 156 Å². The number of anilines is 2. The second kappa shape index (κ2) is 6.73. The third-order valence-electron chi connectivity index (χ3n) is 4.65. The minimum Gasteiger partial charge on any atom is -0.494 e. The molecule has 0 radical (unpaired) electrons. The van der Waals surface area contributed by atoms with Gasteiger partial charge in [-0.1, -0.05) is 29.0 Å². The van der Waals surface area contributed by atoms with Crippen LogP contribution in [0.25, 0.3) is 10.2 Å². The molecule has 0 atom stereocenters. The maximum absolute atomic E-state index is 5.99. The molecule has 25 heavy (non-hydrogen) atoms. The quantitative estimate of drug-likeness (QED) is 0.671. The number of nitrogens with zero attached hydrogens (tertiary/aromatic N) is 3. The molecule has 0 N–H and O–H groups in total. The summed E-state index contributed by atoms with van der Waals surface area (Å²) in [5, 5.41) is 1.86. The van der Waals surface area contributed by atoms with Crippen molar-refractivity contribution in [3.05, 3.63) is 47.0 Å². The van der Waals surface area contributed by atoms with Crippen molar-refractivity contribution in [3.63, 3.8) is 0 Å². The molecule has 1 fully saturated rings. The fraction of sp³-hybridized carbons (Fsp3) is 0.316. The van der Waals surface area contributed by atoms with Crippen molar-refractivity contribution in [2.75, 3.05) is 43.1 Å². The zero-order chi connectivity index (χ0) is 17.4. The van der Waals surface area contributed by atoms with Crippen molar-refractivity contribution in [2.24, 2.45) is 0 Å². The lowest BCUT2D eigenvalue weighted by Crippen LogP contribution is -2.46. The molecule has 1 saturated heterocycles. The molecule has 2 heterocycles. The number of piperazine rings is 1. The van der Waals surface area contributed by atoms with Gasteiger partial charge in [-0.15, -0.1) is 0 Å². The first-order chi connectivity index (χ1) is 12.2. The molecule has 1 aliphatic heterocycles. The van der Waals surface area contributed by atoms with Crippen LogP contribution in [0.15, 0.2) is 36.4 Å². The normalized spacial score (nSPS) is 15.0. The summed E-state index contributed by atoms with van der Waals surface area (Å²) in [5.41, 5.74) is 3.45. The predicted molar refractivity (Wildman–Crippen MR) is 107 cm³/mol. The van der Waals surface area contributed by atoms with Gasteiger partial charge in [-0.3, -0.25) is 0 Å². The maximum atomic E-state index is 5.99. The van der Waals surface area contributed by atoms with Gasteiger partial charge in [0.25, 0.3) is 0 Å². The Bertz CT molecular complexity index is 886. The van der Waals surface area contributed by atoms with Gasteiger partial charge in [-0.05, 0) is 42.8 Å². The SMILES string of the molecule is COc1ccc(C)c2sc(N3CCN(c4ccc(Cl)cc4)CC3)nc12.